The second-order valence-corrected chi connectivity index (χ2v) is 3.12. The van der Waals surface area contributed by atoms with E-state index in [1.807, 2.05) is 19.1 Å². The van der Waals surface area contributed by atoms with Gasteiger partial charge in [0.05, 0.1) is 10.9 Å². The monoisotopic (exact) mass is 428 g/mol. The molecular weight excluding hydrogens is 418 g/mol. The largest absolute Gasteiger partial charge is 0.310 e. The number of hydrogen-bond acceptors (Lipinski definition) is 2. The second-order valence-electron chi connectivity index (χ2n) is 3.12. The van der Waals surface area contributed by atoms with Crippen molar-refractivity contribution in [3.8, 4) is 0 Å². The zero-order valence-corrected chi connectivity index (χ0v) is 12.7. The van der Waals surface area contributed by atoms with Crippen LogP contribution in [0.1, 0.15) is 11.4 Å². The Labute approximate surface area is 111 Å². The Morgan fingerprint density at radius 1 is 1.27 bits per heavy atom. The van der Waals surface area contributed by atoms with E-state index in [2.05, 4.69) is 47.2 Å². The molecule has 0 saturated heterocycles. The molecule has 0 bridgehead atoms. The first-order valence-corrected chi connectivity index (χ1v) is 10.6. The Bertz CT molecular complexity index is 522. The summed E-state index contributed by atoms with van der Waals surface area (Å²) in [7, 11) is 0. The molecule has 1 heterocycles. The number of fused-ring (bicyclic) bond motifs is 1. The number of H-pyrrole nitrogens is 1. The third-order valence-electron chi connectivity index (χ3n) is 2.06. The first kappa shape index (κ1) is 12.9. The van der Waals surface area contributed by atoms with E-state index in [-0.39, 0.29) is 5.56 Å². The Balaban J connectivity index is 0.000000531. The molecule has 2 aromatic rings. The summed E-state index contributed by atoms with van der Waals surface area (Å²) in [6.07, 6.45) is 0. The summed E-state index contributed by atoms with van der Waals surface area (Å²) in [6, 6.07) is 5.60. The summed E-state index contributed by atoms with van der Waals surface area (Å²) in [5, 5.41) is 0.658. The van der Waals surface area contributed by atoms with Crippen molar-refractivity contribution in [2.45, 2.75) is 13.8 Å². The van der Waals surface area contributed by atoms with E-state index in [4.69, 9.17) is 0 Å². The summed E-state index contributed by atoms with van der Waals surface area (Å²) in [5.74, 6) is 0.659. The minimum Gasteiger partial charge on any atom is -0.310 e. The van der Waals surface area contributed by atoms with Crippen molar-refractivity contribution in [2.24, 2.45) is 0 Å². The molecule has 1 aromatic heterocycles. The summed E-state index contributed by atoms with van der Waals surface area (Å²) < 4.78 is 0. The van der Waals surface area contributed by atoms with E-state index >= 15 is 0 Å². The van der Waals surface area contributed by atoms with Gasteiger partial charge in [-0.3, -0.25) is 4.79 Å². The molecule has 0 saturated carbocycles. The zero-order chi connectivity index (χ0) is 11.4. The minimum absolute atomic E-state index is 0.0637. The average Bonchev–Trinajstić information content (AvgIpc) is 2.23. The maximum absolute atomic E-state index is 11.5. The molecule has 1 N–H and O–H groups in total. The van der Waals surface area contributed by atoms with Gasteiger partial charge in [-0.1, -0.05) is 12.1 Å². The van der Waals surface area contributed by atoms with Crippen LogP contribution < -0.4 is 5.56 Å². The fourth-order valence-corrected chi connectivity index (χ4v) is 1.42. The lowest BCUT2D eigenvalue weighted by atomic mass is 10.1. The number of nitrogens with zero attached hydrogens (tertiary/aromatic N) is 1. The highest BCUT2D eigenvalue weighted by Gasteiger charge is 2.02. The van der Waals surface area contributed by atoms with Crippen LogP contribution in [0, 0.1) is 13.8 Å². The summed E-state index contributed by atoms with van der Waals surface area (Å²) in [6.45, 7) is 3.74. The van der Waals surface area contributed by atoms with Crippen LogP contribution in [-0.2, 0) is 0 Å². The average molecular weight is 428 g/mol. The zero-order valence-electron chi connectivity index (χ0n) is 8.34. The molecule has 0 unspecified atom stereocenters. The van der Waals surface area contributed by atoms with E-state index in [0.717, 1.165) is 11.1 Å². The lowest BCUT2D eigenvalue weighted by molar-refractivity contribution is 1.05. The highest BCUT2D eigenvalue weighted by atomic mass is 128. The van der Waals surface area contributed by atoms with Gasteiger partial charge in [-0.05, 0) is 25.5 Å². The topological polar surface area (TPSA) is 45.8 Å². The summed E-state index contributed by atoms with van der Waals surface area (Å²) in [5.41, 5.74) is 1.77. The molecule has 5 heteroatoms. The van der Waals surface area contributed by atoms with Gasteiger partial charge in [-0.15, -0.1) is 0 Å². The SMILES string of the molecule is Cc1nc2c(C)cccc2c(=O)[nH]1.II. The van der Waals surface area contributed by atoms with Crippen LogP contribution in [0.4, 0.5) is 0 Å². The highest BCUT2D eigenvalue weighted by Crippen LogP contribution is 2.11. The quantitative estimate of drug-likeness (QED) is 0.655. The van der Waals surface area contributed by atoms with Gasteiger partial charge in [0.2, 0.25) is 0 Å². The van der Waals surface area contributed by atoms with Gasteiger partial charge in [0.25, 0.3) is 5.56 Å². The lowest BCUT2D eigenvalue weighted by Crippen LogP contribution is -2.09. The second kappa shape index (κ2) is 5.78. The van der Waals surface area contributed by atoms with Gasteiger partial charge in [-0.25, -0.2) is 4.98 Å². The Morgan fingerprint density at radius 2 is 1.93 bits per heavy atom. The molecule has 0 fully saturated rings. The molecule has 80 valence electrons. The maximum atomic E-state index is 11.5. The van der Waals surface area contributed by atoms with Crippen LogP contribution in [0.15, 0.2) is 23.0 Å². The van der Waals surface area contributed by atoms with Crippen LogP contribution in [0.3, 0.4) is 0 Å². The number of aromatic amines is 1. The number of halogens is 2. The molecule has 15 heavy (non-hydrogen) atoms. The van der Waals surface area contributed by atoms with Crippen molar-refractivity contribution in [3.63, 3.8) is 0 Å². The van der Waals surface area contributed by atoms with Gasteiger partial charge in [-0.2, -0.15) is 0 Å². The van der Waals surface area contributed by atoms with Gasteiger partial charge in [0.1, 0.15) is 5.82 Å². The minimum atomic E-state index is -0.0637. The Hall–Kier alpha value is -0.180. The van der Waals surface area contributed by atoms with Crippen molar-refractivity contribution in [1.29, 1.82) is 0 Å². The third kappa shape index (κ3) is 2.90. The molecule has 0 radical (unpaired) electrons. The molecule has 0 amide bonds. The van der Waals surface area contributed by atoms with Crippen molar-refractivity contribution in [2.75, 3.05) is 0 Å². The van der Waals surface area contributed by atoms with E-state index in [1.54, 1.807) is 13.0 Å². The predicted molar refractivity (Wildman–Crippen MR) is 79.9 cm³/mol. The first-order valence-electron chi connectivity index (χ1n) is 4.29. The standard InChI is InChI=1S/C10H10N2O.I2/c1-6-4-3-5-8-9(6)11-7(2)12-10(8)13;1-2/h3-5H,1-2H3,(H,11,12,13);. The number of hydrogen-bond donors (Lipinski definition) is 1. The van der Waals surface area contributed by atoms with Crippen LogP contribution in [0.2, 0.25) is 0 Å². The van der Waals surface area contributed by atoms with Crippen LogP contribution >= 0.6 is 37.2 Å². The van der Waals surface area contributed by atoms with Gasteiger partial charge in [0, 0.05) is 37.2 Å². The van der Waals surface area contributed by atoms with E-state index in [1.165, 1.54) is 0 Å². The van der Waals surface area contributed by atoms with E-state index in [9.17, 15) is 4.79 Å². The molecular formula is C10H10I2N2O. The van der Waals surface area contributed by atoms with Crippen LogP contribution in [0.5, 0.6) is 0 Å². The molecule has 0 spiro atoms. The molecule has 0 aliphatic carbocycles. The number of benzene rings is 1. The van der Waals surface area contributed by atoms with Crippen LogP contribution in [-0.4, -0.2) is 9.97 Å². The highest BCUT2D eigenvalue weighted by molar-refractivity contribution is 15.0. The fraction of sp³-hybridized carbons (Fsp3) is 0.200. The Morgan fingerprint density at radius 3 is 2.60 bits per heavy atom. The lowest BCUT2D eigenvalue weighted by Gasteiger charge is -2.00. The van der Waals surface area contributed by atoms with Gasteiger partial charge < -0.3 is 4.98 Å². The molecule has 0 atom stereocenters. The van der Waals surface area contributed by atoms with Gasteiger partial charge >= 0.3 is 0 Å². The summed E-state index contributed by atoms with van der Waals surface area (Å²) in [4.78, 5) is 18.4. The van der Waals surface area contributed by atoms with Crippen molar-refractivity contribution >= 4 is 48.1 Å². The predicted octanol–water partition coefficient (Wildman–Crippen LogP) is 3.31. The van der Waals surface area contributed by atoms with Crippen LogP contribution in [0.25, 0.3) is 10.9 Å². The van der Waals surface area contributed by atoms with Crippen molar-refractivity contribution in [3.05, 3.63) is 39.9 Å². The fourth-order valence-electron chi connectivity index (χ4n) is 1.42. The van der Waals surface area contributed by atoms with Crippen molar-refractivity contribution < 1.29 is 0 Å². The summed E-state index contributed by atoms with van der Waals surface area (Å²) >= 11 is 4.24. The molecule has 2 rings (SSSR count). The smallest absolute Gasteiger partial charge is 0.258 e. The Kier molecular flexibility index (Phi) is 4.97. The third-order valence-corrected chi connectivity index (χ3v) is 2.06. The van der Waals surface area contributed by atoms with Crippen molar-refractivity contribution in [1.82, 2.24) is 9.97 Å². The number of aromatic nitrogens is 2. The maximum Gasteiger partial charge on any atom is 0.258 e. The molecule has 3 nitrogen and oxygen atoms in total. The normalized spacial score (nSPS) is 9.60. The molecule has 0 aliphatic rings. The number of para-hydroxylation sites is 1. The van der Waals surface area contributed by atoms with Gasteiger partial charge in [0.15, 0.2) is 0 Å². The first-order chi connectivity index (χ1) is 7.18. The number of rotatable bonds is 0. The molecule has 1 aromatic carbocycles. The molecule has 0 aliphatic heterocycles. The number of aryl methyl sites for hydroxylation is 2. The number of nitrogens with one attached hydrogen (secondary N) is 1. The van der Waals surface area contributed by atoms with E-state index in [0.29, 0.717) is 11.2 Å². The van der Waals surface area contributed by atoms with E-state index < -0.39 is 0 Å².